The zero-order valence-electron chi connectivity index (χ0n) is 11.1. The number of benzene rings is 1. The van der Waals surface area contributed by atoms with Gasteiger partial charge in [-0.25, -0.2) is 0 Å². The Morgan fingerprint density at radius 3 is 2.22 bits per heavy atom. The van der Waals surface area contributed by atoms with Crippen LogP contribution in [-0.4, -0.2) is 35.1 Å². The van der Waals surface area contributed by atoms with Crippen molar-refractivity contribution in [1.29, 1.82) is 0 Å². The van der Waals surface area contributed by atoms with Crippen LogP contribution in [0.15, 0.2) is 30.3 Å². The molecule has 0 saturated carbocycles. The number of ether oxygens (including phenoxy) is 2. The van der Waals surface area contributed by atoms with Gasteiger partial charge in [0.1, 0.15) is 6.10 Å². The molecule has 102 valence electrons. The molecule has 4 nitrogen and oxygen atoms in total. The van der Waals surface area contributed by atoms with Crippen LogP contribution in [0.4, 0.5) is 0 Å². The van der Waals surface area contributed by atoms with Crippen LogP contribution in [0.2, 0.25) is 0 Å². The fraction of sp³-hybridized carbons (Fsp3) is 0.571. The van der Waals surface area contributed by atoms with E-state index < -0.39 is 24.6 Å². The molecule has 0 radical (unpaired) electrons. The van der Waals surface area contributed by atoms with Gasteiger partial charge in [0.05, 0.1) is 12.2 Å². The van der Waals surface area contributed by atoms with E-state index in [1.807, 2.05) is 37.3 Å². The highest BCUT2D eigenvalue weighted by atomic mass is 16.7. The van der Waals surface area contributed by atoms with Gasteiger partial charge < -0.3 is 19.7 Å². The van der Waals surface area contributed by atoms with E-state index in [1.165, 1.54) is 6.92 Å². The largest absolute Gasteiger partial charge is 0.391 e. The standard InChI is InChI=1S/C14H22O4/c1-4-17-14(12-8-6-5-7-9-12)18-11(3)13(16)10(2)15/h5-11,13-16H,4H2,1-3H3. The van der Waals surface area contributed by atoms with Crippen molar-refractivity contribution in [3.63, 3.8) is 0 Å². The summed E-state index contributed by atoms with van der Waals surface area (Å²) in [6.45, 7) is 5.64. The maximum absolute atomic E-state index is 9.73. The minimum Gasteiger partial charge on any atom is -0.391 e. The Morgan fingerprint density at radius 2 is 1.72 bits per heavy atom. The van der Waals surface area contributed by atoms with Crippen LogP contribution in [0.1, 0.15) is 32.6 Å². The first kappa shape index (κ1) is 15.1. The fourth-order valence-electron chi connectivity index (χ4n) is 1.64. The van der Waals surface area contributed by atoms with Crippen molar-refractivity contribution in [2.75, 3.05) is 6.61 Å². The summed E-state index contributed by atoms with van der Waals surface area (Å²) in [5, 5.41) is 19.1. The van der Waals surface area contributed by atoms with E-state index in [9.17, 15) is 10.2 Å². The molecule has 0 heterocycles. The van der Waals surface area contributed by atoms with Crippen LogP contribution in [0.3, 0.4) is 0 Å². The molecule has 0 bridgehead atoms. The molecule has 1 aromatic carbocycles. The Morgan fingerprint density at radius 1 is 1.11 bits per heavy atom. The lowest BCUT2D eigenvalue weighted by molar-refractivity contribution is -0.199. The quantitative estimate of drug-likeness (QED) is 0.729. The highest BCUT2D eigenvalue weighted by Gasteiger charge is 2.24. The van der Waals surface area contributed by atoms with Gasteiger partial charge in [-0.1, -0.05) is 30.3 Å². The van der Waals surface area contributed by atoms with Crippen LogP contribution < -0.4 is 0 Å². The smallest absolute Gasteiger partial charge is 0.184 e. The molecular formula is C14H22O4. The van der Waals surface area contributed by atoms with E-state index in [0.29, 0.717) is 6.61 Å². The van der Waals surface area contributed by atoms with Gasteiger partial charge in [-0.2, -0.15) is 0 Å². The molecule has 0 amide bonds. The highest BCUT2D eigenvalue weighted by Crippen LogP contribution is 2.22. The molecule has 4 heteroatoms. The second kappa shape index (κ2) is 7.48. The van der Waals surface area contributed by atoms with Crippen molar-refractivity contribution < 1.29 is 19.7 Å². The Bertz CT molecular complexity index is 326. The number of hydrogen-bond acceptors (Lipinski definition) is 4. The molecule has 1 aromatic rings. The lowest BCUT2D eigenvalue weighted by Crippen LogP contribution is -2.36. The van der Waals surface area contributed by atoms with Crippen LogP contribution in [0, 0.1) is 0 Å². The number of aliphatic hydroxyl groups excluding tert-OH is 2. The van der Waals surface area contributed by atoms with Gasteiger partial charge in [0.25, 0.3) is 0 Å². The molecule has 0 fully saturated rings. The Hall–Kier alpha value is -0.940. The molecule has 4 atom stereocenters. The molecule has 0 saturated heterocycles. The fourth-order valence-corrected chi connectivity index (χ4v) is 1.64. The summed E-state index contributed by atoms with van der Waals surface area (Å²) in [7, 11) is 0. The third kappa shape index (κ3) is 4.38. The van der Waals surface area contributed by atoms with Gasteiger partial charge in [-0.3, -0.25) is 0 Å². The maximum atomic E-state index is 9.73. The Balaban J connectivity index is 2.69. The van der Waals surface area contributed by atoms with Crippen molar-refractivity contribution in [3.05, 3.63) is 35.9 Å². The molecule has 4 unspecified atom stereocenters. The summed E-state index contributed by atoms with van der Waals surface area (Å²) in [6, 6.07) is 9.53. The minimum absolute atomic E-state index is 0.511. The Labute approximate surface area is 108 Å². The predicted octanol–water partition coefficient (Wildman–Crippen LogP) is 1.87. The summed E-state index contributed by atoms with van der Waals surface area (Å²) < 4.78 is 11.2. The molecule has 18 heavy (non-hydrogen) atoms. The molecule has 0 aromatic heterocycles. The van der Waals surface area contributed by atoms with E-state index in [0.717, 1.165) is 5.56 Å². The first-order valence-corrected chi connectivity index (χ1v) is 6.24. The zero-order chi connectivity index (χ0) is 13.5. The predicted molar refractivity (Wildman–Crippen MR) is 69.0 cm³/mol. The second-order valence-corrected chi connectivity index (χ2v) is 4.27. The topological polar surface area (TPSA) is 58.9 Å². The summed E-state index contributed by atoms with van der Waals surface area (Å²) in [6.07, 6.45) is -2.81. The zero-order valence-corrected chi connectivity index (χ0v) is 11.1. The van der Waals surface area contributed by atoms with Gasteiger partial charge in [0.15, 0.2) is 6.29 Å². The van der Waals surface area contributed by atoms with Crippen LogP contribution in [-0.2, 0) is 9.47 Å². The van der Waals surface area contributed by atoms with Crippen molar-refractivity contribution in [2.24, 2.45) is 0 Å². The normalized spacial score (nSPS) is 18.1. The molecule has 0 spiro atoms. The first-order chi connectivity index (χ1) is 8.56. The molecule has 0 aliphatic carbocycles. The number of hydrogen-bond donors (Lipinski definition) is 2. The van der Waals surface area contributed by atoms with Crippen LogP contribution in [0.5, 0.6) is 0 Å². The van der Waals surface area contributed by atoms with E-state index in [2.05, 4.69) is 0 Å². The Kier molecular flexibility index (Phi) is 6.29. The molecule has 0 aliphatic heterocycles. The van der Waals surface area contributed by atoms with Crippen molar-refractivity contribution in [1.82, 2.24) is 0 Å². The molecule has 2 N–H and O–H groups in total. The third-order valence-electron chi connectivity index (χ3n) is 2.70. The second-order valence-electron chi connectivity index (χ2n) is 4.27. The average molecular weight is 254 g/mol. The van der Waals surface area contributed by atoms with Gasteiger partial charge in [0, 0.05) is 12.2 Å². The average Bonchev–Trinajstić information content (AvgIpc) is 2.38. The maximum Gasteiger partial charge on any atom is 0.184 e. The highest BCUT2D eigenvalue weighted by molar-refractivity contribution is 5.16. The third-order valence-corrected chi connectivity index (χ3v) is 2.70. The summed E-state index contributed by atoms with van der Waals surface area (Å²) >= 11 is 0. The van der Waals surface area contributed by atoms with Crippen molar-refractivity contribution in [2.45, 2.75) is 45.4 Å². The number of rotatable bonds is 7. The van der Waals surface area contributed by atoms with Gasteiger partial charge in [-0.05, 0) is 20.8 Å². The lowest BCUT2D eigenvalue weighted by Gasteiger charge is -2.27. The summed E-state index contributed by atoms with van der Waals surface area (Å²) in [4.78, 5) is 0. The van der Waals surface area contributed by atoms with E-state index in [-0.39, 0.29) is 0 Å². The van der Waals surface area contributed by atoms with E-state index >= 15 is 0 Å². The molecule has 0 aliphatic rings. The summed E-state index contributed by atoms with van der Waals surface area (Å²) in [5.41, 5.74) is 0.893. The number of aliphatic hydroxyl groups is 2. The first-order valence-electron chi connectivity index (χ1n) is 6.24. The van der Waals surface area contributed by atoms with Gasteiger partial charge in [-0.15, -0.1) is 0 Å². The summed E-state index contributed by atoms with van der Waals surface area (Å²) in [5.74, 6) is 0. The van der Waals surface area contributed by atoms with Crippen molar-refractivity contribution >= 4 is 0 Å². The van der Waals surface area contributed by atoms with Crippen LogP contribution >= 0.6 is 0 Å². The monoisotopic (exact) mass is 254 g/mol. The van der Waals surface area contributed by atoms with Gasteiger partial charge in [0.2, 0.25) is 0 Å². The minimum atomic E-state index is -0.934. The lowest BCUT2D eigenvalue weighted by atomic mass is 10.1. The van der Waals surface area contributed by atoms with E-state index in [1.54, 1.807) is 6.92 Å². The van der Waals surface area contributed by atoms with Crippen LogP contribution in [0.25, 0.3) is 0 Å². The molecular weight excluding hydrogens is 232 g/mol. The van der Waals surface area contributed by atoms with Gasteiger partial charge >= 0.3 is 0 Å². The SMILES string of the molecule is CCOC(OC(C)C(O)C(C)O)c1ccccc1. The molecule has 1 rings (SSSR count). The van der Waals surface area contributed by atoms with E-state index in [4.69, 9.17) is 9.47 Å². The van der Waals surface area contributed by atoms with Crippen molar-refractivity contribution in [3.8, 4) is 0 Å².